The van der Waals surface area contributed by atoms with Gasteiger partial charge in [-0.3, -0.25) is 0 Å². The lowest BCUT2D eigenvalue weighted by atomic mass is 10.2. The lowest BCUT2D eigenvalue weighted by molar-refractivity contribution is 0.505. The highest BCUT2D eigenvalue weighted by Crippen LogP contribution is 2.17. The van der Waals surface area contributed by atoms with Crippen LogP contribution in [0.5, 0.6) is 0 Å². The van der Waals surface area contributed by atoms with Crippen molar-refractivity contribution >= 4 is 11.6 Å². The third-order valence-electron chi connectivity index (χ3n) is 2.23. The summed E-state index contributed by atoms with van der Waals surface area (Å²) in [6.07, 6.45) is 0. The van der Waals surface area contributed by atoms with E-state index in [2.05, 4.69) is 15.5 Å². The number of tetrazole rings is 1. The Morgan fingerprint density at radius 3 is 2.76 bits per heavy atom. The smallest absolute Gasteiger partial charge is 0.169 e. The van der Waals surface area contributed by atoms with Gasteiger partial charge in [0.05, 0.1) is 11.9 Å². The molecule has 0 N–H and O–H groups in total. The molecule has 0 saturated heterocycles. The summed E-state index contributed by atoms with van der Waals surface area (Å²) in [6, 6.07) is 3.65. The third kappa shape index (κ3) is 2.58. The molecule has 4 nitrogen and oxygen atoms in total. The molecule has 0 saturated carbocycles. The molecule has 17 heavy (non-hydrogen) atoms. The van der Waals surface area contributed by atoms with Gasteiger partial charge < -0.3 is 0 Å². The van der Waals surface area contributed by atoms with Crippen molar-refractivity contribution in [1.29, 1.82) is 0 Å². The Hall–Kier alpha value is -1.56. The van der Waals surface area contributed by atoms with Crippen LogP contribution in [0.25, 0.3) is 0 Å². The van der Waals surface area contributed by atoms with E-state index >= 15 is 0 Å². The maximum absolute atomic E-state index is 13.0. The van der Waals surface area contributed by atoms with Crippen molar-refractivity contribution in [2.45, 2.75) is 18.8 Å². The van der Waals surface area contributed by atoms with E-state index in [-0.39, 0.29) is 11.9 Å². The lowest BCUT2D eigenvalue weighted by Crippen LogP contribution is -2.08. The average molecular weight is 259 g/mol. The highest BCUT2D eigenvalue weighted by Gasteiger charge is 2.12. The maximum Gasteiger partial charge on any atom is 0.169 e. The third-order valence-corrected chi connectivity index (χ3v) is 2.43. The molecule has 2 aromatic rings. The molecule has 1 heterocycles. The zero-order valence-electron chi connectivity index (χ0n) is 8.94. The number of nitrogens with zero attached hydrogens (tertiary/aromatic N) is 4. The summed E-state index contributed by atoms with van der Waals surface area (Å²) < 4.78 is 27.2. The summed E-state index contributed by atoms with van der Waals surface area (Å²) >= 11 is 5.87. The summed E-state index contributed by atoms with van der Waals surface area (Å²) in [6.45, 7) is 1.98. The van der Waals surface area contributed by atoms with E-state index in [9.17, 15) is 8.78 Å². The number of benzene rings is 1. The standard InChI is InChI=1S/C10H9ClF2N4/c1-6(11)10-14-15-16-17(10)5-7-2-3-8(12)9(13)4-7/h2-4,6H,5H2,1H3. The van der Waals surface area contributed by atoms with E-state index in [0.29, 0.717) is 11.4 Å². The highest BCUT2D eigenvalue weighted by molar-refractivity contribution is 6.20. The Kier molecular flexibility index (Phi) is 3.33. The molecule has 0 fully saturated rings. The largest absolute Gasteiger partial charge is 0.224 e. The molecule has 0 radical (unpaired) electrons. The Morgan fingerprint density at radius 1 is 1.35 bits per heavy atom. The van der Waals surface area contributed by atoms with E-state index in [1.807, 2.05) is 0 Å². The van der Waals surface area contributed by atoms with Crippen LogP contribution in [0, 0.1) is 11.6 Å². The Balaban J connectivity index is 2.25. The van der Waals surface area contributed by atoms with E-state index in [0.717, 1.165) is 12.1 Å². The number of hydrogen-bond donors (Lipinski definition) is 0. The molecule has 1 atom stereocenters. The normalized spacial score (nSPS) is 12.7. The predicted octanol–water partition coefficient (Wildman–Crippen LogP) is 2.30. The van der Waals surface area contributed by atoms with Crippen LogP contribution in [-0.4, -0.2) is 20.2 Å². The first-order chi connectivity index (χ1) is 8.08. The van der Waals surface area contributed by atoms with Crippen LogP contribution in [0.15, 0.2) is 18.2 Å². The van der Waals surface area contributed by atoms with Crippen LogP contribution in [-0.2, 0) is 6.54 Å². The molecule has 0 aliphatic heterocycles. The van der Waals surface area contributed by atoms with Crippen LogP contribution in [0.3, 0.4) is 0 Å². The van der Waals surface area contributed by atoms with Gasteiger partial charge in [0.25, 0.3) is 0 Å². The summed E-state index contributed by atoms with van der Waals surface area (Å²) in [5.74, 6) is -1.29. The Morgan fingerprint density at radius 2 is 2.12 bits per heavy atom. The van der Waals surface area contributed by atoms with Crippen LogP contribution >= 0.6 is 11.6 Å². The van der Waals surface area contributed by atoms with E-state index in [1.165, 1.54) is 10.7 Å². The molecule has 1 unspecified atom stereocenters. The minimum atomic E-state index is -0.893. The van der Waals surface area contributed by atoms with Gasteiger partial charge in [-0.05, 0) is 35.0 Å². The van der Waals surface area contributed by atoms with Gasteiger partial charge in [-0.25, -0.2) is 13.5 Å². The summed E-state index contributed by atoms with van der Waals surface area (Å²) in [5.41, 5.74) is 0.565. The van der Waals surface area contributed by atoms with Crippen molar-refractivity contribution < 1.29 is 8.78 Å². The van der Waals surface area contributed by atoms with Gasteiger partial charge >= 0.3 is 0 Å². The maximum atomic E-state index is 13.0. The van der Waals surface area contributed by atoms with Crippen LogP contribution in [0.2, 0.25) is 0 Å². The number of halogens is 3. The molecule has 1 aromatic heterocycles. The average Bonchev–Trinajstić information content (AvgIpc) is 2.72. The van der Waals surface area contributed by atoms with Gasteiger partial charge in [-0.2, -0.15) is 0 Å². The van der Waals surface area contributed by atoms with Crippen LogP contribution in [0.4, 0.5) is 8.78 Å². The van der Waals surface area contributed by atoms with Gasteiger partial charge in [0.2, 0.25) is 0 Å². The minimum absolute atomic E-state index is 0.247. The van der Waals surface area contributed by atoms with Crippen LogP contribution in [0.1, 0.15) is 23.7 Å². The second-order valence-electron chi connectivity index (χ2n) is 3.56. The van der Waals surface area contributed by atoms with Gasteiger partial charge in [-0.1, -0.05) is 6.07 Å². The summed E-state index contributed by atoms with van der Waals surface area (Å²) in [4.78, 5) is 0. The Labute approximate surface area is 101 Å². The quantitative estimate of drug-likeness (QED) is 0.794. The fraction of sp³-hybridized carbons (Fsp3) is 0.300. The first-order valence-electron chi connectivity index (χ1n) is 4.92. The van der Waals surface area contributed by atoms with Crippen molar-refractivity contribution in [2.75, 3.05) is 0 Å². The molecule has 0 spiro atoms. The predicted molar refractivity (Wildman–Crippen MR) is 57.5 cm³/mol. The molecule has 2 rings (SSSR count). The molecule has 0 aliphatic carbocycles. The van der Waals surface area contributed by atoms with Crippen molar-refractivity contribution in [1.82, 2.24) is 20.2 Å². The van der Waals surface area contributed by atoms with E-state index in [4.69, 9.17) is 11.6 Å². The number of aromatic nitrogens is 4. The topological polar surface area (TPSA) is 43.6 Å². The molecule has 0 aliphatic rings. The van der Waals surface area contributed by atoms with Gasteiger partial charge in [-0.15, -0.1) is 16.7 Å². The van der Waals surface area contributed by atoms with E-state index < -0.39 is 11.6 Å². The lowest BCUT2D eigenvalue weighted by Gasteiger charge is -2.06. The number of hydrogen-bond acceptors (Lipinski definition) is 3. The fourth-order valence-electron chi connectivity index (χ4n) is 1.42. The minimum Gasteiger partial charge on any atom is -0.224 e. The van der Waals surface area contributed by atoms with Crippen molar-refractivity contribution in [2.24, 2.45) is 0 Å². The number of alkyl halides is 1. The molecule has 0 amide bonds. The molecule has 1 aromatic carbocycles. The molecule has 90 valence electrons. The molecule has 7 heteroatoms. The Bertz CT molecular complexity index is 527. The van der Waals surface area contributed by atoms with Gasteiger partial charge in [0.15, 0.2) is 17.5 Å². The number of rotatable bonds is 3. The fourth-order valence-corrected chi connectivity index (χ4v) is 1.58. The van der Waals surface area contributed by atoms with Crippen LogP contribution < -0.4 is 0 Å². The van der Waals surface area contributed by atoms with Gasteiger partial charge in [0.1, 0.15) is 0 Å². The summed E-state index contributed by atoms with van der Waals surface area (Å²) in [5, 5.41) is 10.6. The molecular weight excluding hydrogens is 250 g/mol. The SMILES string of the molecule is CC(Cl)c1nnnn1Cc1ccc(F)c(F)c1. The van der Waals surface area contributed by atoms with Crippen molar-refractivity contribution in [3.8, 4) is 0 Å². The molecule has 0 bridgehead atoms. The van der Waals surface area contributed by atoms with Gasteiger partial charge in [0, 0.05) is 0 Å². The van der Waals surface area contributed by atoms with E-state index in [1.54, 1.807) is 6.92 Å². The zero-order chi connectivity index (χ0) is 12.4. The molecular formula is C10H9ClF2N4. The first-order valence-corrected chi connectivity index (χ1v) is 5.35. The van der Waals surface area contributed by atoms with Crippen molar-refractivity contribution in [3.63, 3.8) is 0 Å². The van der Waals surface area contributed by atoms with Crippen molar-refractivity contribution in [3.05, 3.63) is 41.2 Å². The zero-order valence-corrected chi connectivity index (χ0v) is 9.70. The summed E-state index contributed by atoms with van der Waals surface area (Å²) in [7, 11) is 0. The second-order valence-corrected chi connectivity index (χ2v) is 4.21. The second kappa shape index (κ2) is 4.75. The monoisotopic (exact) mass is 258 g/mol. The highest BCUT2D eigenvalue weighted by atomic mass is 35.5. The first kappa shape index (κ1) is 11.9.